The van der Waals surface area contributed by atoms with Gasteiger partial charge in [-0.05, 0) is 18.2 Å². The third-order valence-electron chi connectivity index (χ3n) is 5.47. The van der Waals surface area contributed by atoms with E-state index in [4.69, 9.17) is 15.3 Å². The number of ether oxygens (including phenoxy) is 2. The van der Waals surface area contributed by atoms with E-state index in [0.717, 1.165) is 0 Å². The van der Waals surface area contributed by atoms with Gasteiger partial charge >= 0.3 is 5.97 Å². The molecule has 3 aromatic carbocycles. The molecule has 1 amide bonds. The van der Waals surface area contributed by atoms with Crippen LogP contribution in [0.1, 0.15) is 27.0 Å². The number of benzene rings is 3. The van der Waals surface area contributed by atoms with Crippen molar-refractivity contribution in [1.82, 2.24) is 5.43 Å². The quantitative estimate of drug-likeness (QED) is 0.126. The molecule has 0 radical (unpaired) electrons. The molecule has 2 aliphatic heterocycles. The molecule has 1 atom stereocenters. The van der Waals surface area contributed by atoms with Crippen molar-refractivity contribution >= 4 is 29.3 Å². The van der Waals surface area contributed by atoms with Crippen molar-refractivity contribution in [1.29, 1.82) is 0 Å². The largest absolute Gasteiger partial charge is 0.508 e. The second-order valence-corrected chi connectivity index (χ2v) is 8.50. The van der Waals surface area contributed by atoms with Crippen LogP contribution in [-0.2, 0) is 15.1 Å². The van der Waals surface area contributed by atoms with E-state index in [1.54, 1.807) is 30.3 Å². The van der Waals surface area contributed by atoms with Crippen LogP contribution in [0.4, 0.5) is 5.69 Å². The number of aromatic hydroxyl groups is 2. The lowest BCUT2D eigenvalue weighted by atomic mass is 9.77. The number of esters is 1. The van der Waals surface area contributed by atoms with Crippen molar-refractivity contribution in [2.45, 2.75) is 5.60 Å². The number of amides is 1. The Bertz CT molecular complexity index is 1300. The maximum atomic E-state index is 12.9. The van der Waals surface area contributed by atoms with E-state index < -0.39 is 11.6 Å². The molecule has 10 heteroatoms. The van der Waals surface area contributed by atoms with E-state index in [1.165, 1.54) is 36.0 Å². The van der Waals surface area contributed by atoms with E-state index in [0.29, 0.717) is 28.1 Å². The summed E-state index contributed by atoms with van der Waals surface area (Å²) in [4.78, 5) is 25.6. The number of nitrogens with two attached hydrogens (primary N) is 1. The number of nitrogens with one attached hydrogen (secondary N) is 2. The molecule has 0 saturated carbocycles. The Hall–Kier alpha value is -3.73. The van der Waals surface area contributed by atoms with Crippen molar-refractivity contribution in [3.8, 4) is 23.0 Å². The average Bonchev–Trinajstić information content (AvgIpc) is 3.06. The summed E-state index contributed by atoms with van der Waals surface area (Å²) in [5.74, 6) is 5.11. The molecule has 9 nitrogen and oxygen atoms in total. The first-order valence-electron chi connectivity index (χ1n) is 9.97. The second kappa shape index (κ2) is 8.00. The molecule has 0 saturated heterocycles. The zero-order valence-corrected chi connectivity index (χ0v) is 17.9. The van der Waals surface area contributed by atoms with Crippen LogP contribution >= 0.6 is 11.8 Å². The molecule has 168 valence electrons. The highest BCUT2D eigenvalue weighted by Gasteiger charge is 2.55. The first-order valence-corrected chi connectivity index (χ1v) is 11.1. The number of thioether (sulfide) groups is 1. The Morgan fingerprint density at radius 3 is 2.64 bits per heavy atom. The molecule has 2 heterocycles. The van der Waals surface area contributed by atoms with E-state index in [2.05, 4.69) is 10.7 Å². The number of fused-ring (bicyclic) bond motifs is 6. The number of carbonyl (C=O) groups is 2. The summed E-state index contributed by atoms with van der Waals surface area (Å²) in [5.41, 5.74) is 3.03. The summed E-state index contributed by atoms with van der Waals surface area (Å²) in [6.45, 7) is 0. The predicted octanol–water partition coefficient (Wildman–Crippen LogP) is 2.76. The van der Waals surface area contributed by atoms with Crippen molar-refractivity contribution in [3.05, 3.63) is 76.9 Å². The SMILES string of the molecule is NNCSCC(=O)Nc1cc(O)cc2c1C1(OC(=O)c3ccccc31)c1ccc(O)cc1O2. The number of anilines is 1. The van der Waals surface area contributed by atoms with Crippen LogP contribution < -0.4 is 21.3 Å². The van der Waals surface area contributed by atoms with Crippen LogP contribution in [0.25, 0.3) is 0 Å². The Balaban J connectivity index is 1.74. The lowest BCUT2D eigenvalue weighted by Crippen LogP contribution is -2.34. The summed E-state index contributed by atoms with van der Waals surface area (Å²) in [6, 6.07) is 14.2. The van der Waals surface area contributed by atoms with E-state index in [-0.39, 0.29) is 40.3 Å². The number of hydrogen-bond donors (Lipinski definition) is 5. The molecule has 5 rings (SSSR count). The summed E-state index contributed by atoms with van der Waals surface area (Å²) in [6.07, 6.45) is 0. The first-order chi connectivity index (χ1) is 15.9. The monoisotopic (exact) mass is 465 g/mol. The summed E-state index contributed by atoms with van der Waals surface area (Å²) >= 11 is 1.27. The lowest BCUT2D eigenvalue weighted by molar-refractivity contribution is -0.113. The highest BCUT2D eigenvalue weighted by atomic mass is 32.2. The molecule has 1 spiro atoms. The number of carbonyl (C=O) groups excluding carboxylic acids is 2. The molecule has 0 aromatic heterocycles. The molecule has 33 heavy (non-hydrogen) atoms. The Labute approximate surface area is 192 Å². The third-order valence-corrected chi connectivity index (χ3v) is 6.31. The zero-order valence-electron chi connectivity index (χ0n) is 17.1. The predicted molar refractivity (Wildman–Crippen MR) is 121 cm³/mol. The maximum absolute atomic E-state index is 12.9. The number of phenols is 2. The second-order valence-electron chi connectivity index (χ2n) is 7.51. The van der Waals surface area contributed by atoms with Gasteiger partial charge in [0, 0.05) is 29.3 Å². The number of hydrogen-bond acceptors (Lipinski definition) is 9. The summed E-state index contributed by atoms with van der Waals surface area (Å²) in [7, 11) is 0. The fourth-order valence-electron chi connectivity index (χ4n) is 4.27. The van der Waals surface area contributed by atoms with Gasteiger partial charge in [-0.15, -0.1) is 11.8 Å². The van der Waals surface area contributed by atoms with Crippen molar-refractivity contribution in [2.24, 2.45) is 5.84 Å². The van der Waals surface area contributed by atoms with Crippen LogP contribution in [0.2, 0.25) is 0 Å². The van der Waals surface area contributed by atoms with Gasteiger partial charge in [-0.25, -0.2) is 4.79 Å². The molecule has 0 bridgehead atoms. The highest BCUT2D eigenvalue weighted by Crippen LogP contribution is 2.59. The summed E-state index contributed by atoms with van der Waals surface area (Å²) in [5, 5.41) is 23.2. The average molecular weight is 465 g/mol. The van der Waals surface area contributed by atoms with E-state index in [1.807, 2.05) is 0 Å². The Morgan fingerprint density at radius 2 is 1.82 bits per heavy atom. The molecule has 6 N–H and O–H groups in total. The molecule has 3 aromatic rings. The lowest BCUT2D eigenvalue weighted by Gasteiger charge is -2.37. The molecule has 0 aliphatic carbocycles. The van der Waals surface area contributed by atoms with Crippen LogP contribution in [0.5, 0.6) is 23.0 Å². The minimum atomic E-state index is -1.45. The van der Waals surface area contributed by atoms with Crippen LogP contribution in [0, 0.1) is 0 Å². The van der Waals surface area contributed by atoms with E-state index >= 15 is 0 Å². The Kier molecular flexibility index (Phi) is 5.12. The van der Waals surface area contributed by atoms with Gasteiger partial charge in [0.2, 0.25) is 5.91 Å². The molecule has 2 aliphatic rings. The van der Waals surface area contributed by atoms with Crippen molar-refractivity contribution < 1.29 is 29.3 Å². The number of phenolic OH excluding ortho intramolecular Hbond substituents is 2. The van der Waals surface area contributed by atoms with Crippen molar-refractivity contribution in [3.63, 3.8) is 0 Å². The van der Waals surface area contributed by atoms with Crippen LogP contribution in [-0.4, -0.2) is 33.7 Å². The fraction of sp³-hybridized carbons (Fsp3) is 0.130. The third kappa shape index (κ3) is 3.35. The van der Waals surface area contributed by atoms with Crippen LogP contribution in [0.3, 0.4) is 0 Å². The van der Waals surface area contributed by atoms with Crippen LogP contribution in [0.15, 0.2) is 54.6 Å². The van der Waals surface area contributed by atoms with E-state index in [9.17, 15) is 19.8 Å². The topological polar surface area (TPSA) is 143 Å². The van der Waals surface area contributed by atoms with Gasteiger partial charge < -0.3 is 25.0 Å². The van der Waals surface area contributed by atoms with Gasteiger partial charge in [0.15, 0.2) is 5.60 Å². The van der Waals surface area contributed by atoms with Crippen molar-refractivity contribution in [2.75, 3.05) is 16.9 Å². The number of hydrazine groups is 1. The number of rotatable bonds is 5. The van der Waals surface area contributed by atoms with Gasteiger partial charge in [-0.2, -0.15) is 0 Å². The molecule has 1 unspecified atom stereocenters. The normalized spacial score (nSPS) is 17.5. The molecular formula is C23H19N3O6S. The zero-order chi connectivity index (χ0) is 23.2. The minimum Gasteiger partial charge on any atom is -0.508 e. The standard InChI is InChI=1S/C23H19N3O6S/c24-25-11-33-10-20(29)26-17-7-13(28)9-19-21(17)23(16-6-5-12(27)8-18(16)31-19)15-4-2-1-3-14(15)22(30)32-23/h1-9,25,27-28H,10-11,24H2,(H,26,29). The first kappa shape index (κ1) is 21.1. The Morgan fingerprint density at radius 1 is 1.03 bits per heavy atom. The van der Waals surface area contributed by atoms with Gasteiger partial charge in [-0.3, -0.25) is 16.1 Å². The van der Waals surface area contributed by atoms with Gasteiger partial charge in [0.05, 0.1) is 28.4 Å². The summed E-state index contributed by atoms with van der Waals surface area (Å²) < 4.78 is 12.1. The van der Waals surface area contributed by atoms with Gasteiger partial charge in [0.25, 0.3) is 0 Å². The smallest absolute Gasteiger partial charge is 0.340 e. The highest BCUT2D eigenvalue weighted by molar-refractivity contribution is 7.99. The van der Waals surface area contributed by atoms with Gasteiger partial charge in [-0.1, -0.05) is 18.2 Å². The minimum absolute atomic E-state index is 0.0378. The molecular weight excluding hydrogens is 446 g/mol. The maximum Gasteiger partial charge on any atom is 0.340 e. The van der Waals surface area contributed by atoms with Gasteiger partial charge in [0.1, 0.15) is 23.0 Å². The fourth-order valence-corrected chi connectivity index (χ4v) is 4.75. The molecule has 0 fully saturated rings.